The van der Waals surface area contributed by atoms with E-state index < -0.39 is 0 Å². The Bertz CT molecular complexity index is 668. The number of aryl methyl sites for hydroxylation is 1. The first kappa shape index (κ1) is 15.7. The van der Waals surface area contributed by atoms with Crippen molar-refractivity contribution in [2.24, 2.45) is 0 Å². The Morgan fingerprint density at radius 1 is 1.43 bits per heavy atom. The van der Waals surface area contributed by atoms with Gasteiger partial charge in [0.05, 0.1) is 24.3 Å². The van der Waals surface area contributed by atoms with Crippen LogP contribution in [0.1, 0.15) is 36.7 Å². The highest BCUT2D eigenvalue weighted by Crippen LogP contribution is 2.29. The van der Waals surface area contributed by atoms with E-state index in [0.29, 0.717) is 13.2 Å². The van der Waals surface area contributed by atoms with Gasteiger partial charge < -0.3 is 9.30 Å². The molecular weight excluding hydrogens is 292 g/mol. The third kappa shape index (κ3) is 3.27. The molecule has 0 radical (unpaired) electrons. The van der Waals surface area contributed by atoms with Gasteiger partial charge in [0.1, 0.15) is 5.92 Å². The van der Waals surface area contributed by atoms with E-state index in [2.05, 4.69) is 26.4 Å². The number of carbonyl (C=O) groups excluding carboxylic acids is 1. The number of pyridine rings is 1. The molecule has 0 aliphatic carbocycles. The van der Waals surface area contributed by atoms with Gasteiger partial charge in [-0.3, -0.25) is 14.7 Å². The number of aromatic nitrogens is 3. The summed E-state index contributed by atoms with van der Waals surface area (Å²) in [5.74, 6) is -0.447. The van der Waals surface area contributed by atoms with Crippen molar-refractivity contribution in [1.82, 2.24) is 19.4 Å². The minimum atomic E-state index is -0.280. The maximum absolute atomic E-state index is 12.4. The fourth-order valence-corrected chi connectivity index (χ4v) is 3.13. The summed E-state index contributed by atoms with van der Waals surface area (Å²) in [6.45, 7) is 7.24. The van der Waals surface area contributed by atoms with Crippen molar-refractivity contribution in [3.05, 3.63) is 47.8 Å². The van der Waals surface area contributed by atoms with E-state index in [-0.39, 0.29) is 11.9 Å². The molecule has 1 aliphatic rings. The molecule has 1 aliphatic heterocycles. The molecule has 23 heavy (non-hydrogen) atoms. The molecule has 1 unspecified atom stereocenters. The van der Waals surface area contributed by atoms with Crippen molar-refractivity contribution in [3.63, 3.8) is 0 Å². The lowest BCUT2D eigenvalue weighted by atomic mass is 9.97. The molecule has 3 heterocycles. The van der Waals surface area contributed by atoms with E-state index >= 15 is 0 Å². The summed E-state index contributed by atoms with van der Waals surface area (Å²) in [5.41, 5.74) is 3.11. The van der Waals surface area contributed by atoms with Gasteiger partial charge in [0.15, 0.2) is 0 Å². The molecule has 0 saturated carbocycles. The standard InChI is InChI=1S/C17H22N4O2/c1-3-21-12-19-15-11-20(9-13-6-5-7-18-8-13)10-14(16(15)21)17(22)23-4-2/h5-8,12,14H,3-4,9-11H2,1-2H3. The van der Waals surface area contributed by atoms with E-state index in [1.165, 1.54) is 0 Å². The number of ether oxygens (including phenoxy) is 1. The molecule has 0 spiro atoms. The normalized spacial score (nSPS) is 17.7. The molecule has 2 aromatic heterocycles. The van der Waals surface area contributed by atoms with Gasteiger partial charge in [0.2, 0.25) is 0 Å². The van der Waals surface area contributed by atoms with E-state index in [1.807, 2.05) is 31.6 Å². The fraction of sp³-hybridized carbons (Fsp3) is 0.471. The average Bonchev–Trinajstić information content (AvgIpc) is 2.98. The van der Waals surface area contributed by atoms with Crippen LogP contribution < -0.4 is 0 Å². The molecule has 0 fully saturated rings. The second kappa shape index (κ2) is 6.91. The Labute approximate surface area is 136 Å². The highest BCUT2D eigenvalue weighted by atomic mass is 16.5. The highest BCUT2D eigenvalue weighted by Gasteiger charge is 2.35. The third-order valence-electron chi connectivity index (χ3n) is 4.14. The molecule has 2 aromatic rings. The second-order valence-electron chi connectivity index (χ2n) is 5.70. The topological polar surface area (TPSA) is 60.2 Å². The molecule has 3 rings (SSSR count). The van der Waals surface area contributed by atoms with E-state index in [0.717, 1.165) is 36.6 Å². The lowest BCUT2D eigenvalue weighted by molar-refractivity contribution is -0.146. The fourth-order valence-electron chi connectivity index (χ4n) is 3.13. The van der Waals surface area contributed by atoms with Crippen LogP contribution in [0.4, 0.5) is 0 Å². The maximum atomic E-state index is 12.4. The van der Waals surface area contributed by atoms with Crippen molar-refractivity contribution in [2.45, 2.75) is 39.4 Å². The number of carbonyl (C=O) groups is 1. The largest absolute Gasteiger partial charge is 0.465 e. The van der Waals surface area contributed by atoms with Gasteiger partial charge in [0.25, 0.3) is 0 Å². The first-order valence-electron chi connectivity index (χ1n) is 8.04. The van der Waals surface area contributed by atoms with Crippen molar-refractivity contribution < 1.29 is 9.53 Å². The number of nitrogens with zero attached hydrogens (tertiary/aromatic N) is 4. The van der Waals surface area contributed by atoms with Crippen LogP contribution in [0.25, 0.3) is 0 Å². The Hall–Kier alpha value is -2.21. The van der Waals surface area contributed by atoms with Gasteiger partial charge in [-0.25, -0.2) is 4.98 Å². The number of hydrogen-bond acceptors (Lipinski definition) is 5. The van der Waals surface area contributed by atoms with Crippen LogP contribution >= 0.6 is 0 Å². The summed E-state index contributed by atoms with van der Waals surface area (Å²) < 4.78 is 7.34. The van der Waals surface area contributed by atoms with Crippen LogP contribution in [0.15, 0.2) is 30.9 Å². The molecule has 6 heteroatoms. The number of imidazole rings is 1. The SMILES string of the molecule is CCOC(=O)C1CN(Cc2cccnc2)Cc2ncn(CC)c21. The smallest absolute Gasteiger partial charge is 0.316 e. The molecule has 6 nitrogen and oxygen atoms in total. The zero-order valence-electron chi connectivity index (χ0n) is 13.6. The Balaban J connectivity index is 1.86. The molecular formula is C17H22N4O2. The molecule has 0 N–H and O–H groups in total. The van der Waals surface area contributed by atoms with Gasteiger partial charge >= 0.3 is 5.97 Å². The lowest BCUT2D eigenvalue weighted by Crippen LogP contribution is -2.38. The highest BCUT2D eigenvalue weighted by molar-refractivity contribution is 5.78. The zero-order valence-corrected chi connectivity index (χ0v) is 13.6. The first-order chi connectivity index (χ1) is 11.2. The van der Waals surface area contributed by atoms with E-state index in [1.54, 1.807) is 6.20 Å². The molecule has 0 bridgehead atoms. The predicted molar refractivity (Wildman–Crippen MR) is 85.6 cm³/mol. The molecule has 0 aromatic carbocycles. The predicted octanol–water partition coefficient (Wildman–Crippen LogP) is 1.96. The average molecular weight is 314 g/mol. The molecule has 122 valence electrons. The number of hydrogen-bond donors (Lipinski definition) is 0. The van der Waals surface area contributed by atoms with Crippen molar-refractivity contribution >= 4 is 5.97 Å². The minimum absolute atomic E-state index is 0.167. The molecule has 0 amide bonds. The number of fused-ring (bicyclic) bond motifs is 1. The van der Waals surface area contributed by atoms with E-state index in [4.69, 9.17) is 4.74 Å². The minimum Gasteiger partial charge on any atom is -0.465 e. The third-order valence-corrected chi connectivity index (χ3v) is 4.14. The van der Waals surface area contributed by atoms with Crippen molar-refractivity contribution in [2.75, 3.05) is 13.2 Å². The molecule has 1 atom stereocenters. The zero-order chi connectivity index (χ0) is 16.2. The monoisotopic (exact) mass is 314 g/mol. The quantitative estimate of drug-likeness (QED) is 0.790. The van der Waals surface area contributed by atoms with Gasteiger partial charge in [-0.15, -0.1) is 0 Å². The van der Waals surface area contributed by atoms with Crippen LogP contribution in [-0.4, -0.2) is 38.6 Å². The van der Waals surface area contributed by atoms with Gasteiger partial charge in [0, 0.05) is 38.6 Å². The summed E-state index contributed by atoms with van der Waals surface area (Å²) in [5, 5.41) is 0. The van der Waals surface area contributed by atoms with Crippen LogP contribution in [0.3, 0.4) is 0 Å². The Morgan fingerprint density at radius 3 is 3.00 bits per heavy atom. The first-order valence-corrected chi connectivity index (χ1v) is 8.04. The summed E-state index contributed by atoms with van der Waals surface area (Å²) >= 11 is 0. The van der Waals surface area contributed by atoms with Gasteiger partial charge in [-0.1, -0.05) is 6.07 Å². The maximum Gasteiger partial charge on any atom is 0.316 e. The summed E-state index contributed by atoms with van der Waals surface area (Å²) in [6, 6.07) is 3.98. The number of esters is 1. The van der Waals surface area contributed by atoms with Crippen molar-refractivity contribution in [3.8, 4) is 0 Å². The van der Waals surface area contributed by atoms with Crippen LogP contribution in [0.2, 0.25) is 0 Å². The van der Waals surface area contributed by atoms with Crippen LogP contribution in [0.5, 0.6) is 0 Å². The van der Waals surface area contributed by atoms with Crippen LogP contribution in [-0.2, 0) is 29.2 Å². The van der Waals surface area contributed by atoms with Gasteiger partial charge in [-0.05, 0) is 25.5 Å². The van der Waals surface area contributed by atoms with E-state index in [9.17, 15) is 4.79 Å². The summed E-state index contributed by atoms with van der Waals surface area (Å²) in [7, 11) is 0. The molecule has 0 saturated heterocycles. The summed E-state index contributed by atoms with van der Waals surface area (Å²) in [4.78, 5) is 23.3. The van der Waals surface area contributed by atoms with Gasteiger partial charge in [-0.2, -0.15) is 0 Å². The van der Waals surface area contributed by atoms with Crippen LogP contribution in [0, 0.1) is 0 Å². The lowest BCUT2D eigenvalue weighted by Gasteiger charge is -2.31. The Kier molecular flexibility index (Phi) is 4.71. The second-order valence-corrected chi connectivity index (χ2v) is 5.70. The number of rotatable bonds is 5. The Morgan fingerprint density at radius 2 is 2.30 bits per heavy atom. The van der Waals surface area contributed by atoms with Crippen molar-refractivity contribution in [1.29, 1.82) is 0 Å². The summed E-state index contributed by atoms with van der Waals surface area (Å²) in [6.07, 6.45) is 5.45.